The van der Waals surface area contributed by atoms with Crippen LogP contribution in [0, 0.1) is 0 Å². The second kappa shape index (κ2) is 9.54. The summed E-state index contributed by atoms with van der Waals surface area (Å²) < 4.78 is 11.8. The highest BCUT2D eigenvalue weighted by Gasteiger charge is 2.19. The van der Waals surface area contributed by atoms with E-state index in [1.54, 1.807) is 0 Å². The van der Waals surface area contributed by atoms with Gasteiger partial charge >= 0.3 is 0 Å². The molecule has 0 aliphatic heterocycles. The van der Waals surface area contributed by atoms with E-state index in [0.717, 1.165) is 0 Å². The Hall–Kier alpha value is -1.38. The Morgan fingerprint density at radius 2 is 1.38 bits per heavy atom. The van der Waals surface area contributed by atoms with Gasteiger partial charge in [0.1, 0.15) is 0 Å². The highest BCUT2D eigenvalue weighted by molar-refractivity contribution is 5.19. The normalized spacial score (nSPS) is 12.1. The molecule has 0 saturated carbocycles. The lowest BCUT2D eigenvalue weighted by Gasteiger charge is -2.24. The molecule has 0 radical (unpaired) electrons. The quantitative estimate of drug-likeness (QED) is 0.490. The average molecular weight is 288 g/mol. The van der Waals surface area contributed by atoms with Gasteiger partial charge < -0.3 is 9.47 Å². The van der Waals surface area contributed by atoms with E-state index >= 15 is 0 Å². The van der Waals surface area contributed by atoms with Crippen molar-refractivity contribution in [3.63, 3.8) is 0 Å². The van der Waals surface area contributed by atoms with Gasteiger partial charge in [0, 0.05) is 5.92 Å². The Bertz CT molecular complexity index is 430. The third-order valence-electron chi connectivity index (χ3n) is 3.24. The Kier molecular flexibility index (Phi) is 8.03. The molecule has 1 aromatic rings. The van der Waals surface area contributed by atoms with Crippen molar-refractivity contribution >= 4 is 0 Å². The number of allylic oxidation sites excluding steroid dienone is 2. The van der Waals surface area contributed by atoms with Crippen molar-refractivity contribution in [2.45, 2.75) is 46.8 Å². The van der Waals surface area contributed by atoms with Crippen molar-refractivity contribution in [3.8, 4) is 0 Å². The maximum atomic E-state index is 5.92. The van der Waals surface area contributed by atoms with E-state index < -0.39 is 0 Å². The monoisotopic (exact) mass is 288 g/mol. The van der Waals surface area contributed by atoms with Crippen LogP contribution in [0.15, 0.2) is 53.6 Å². The highest BCUT2D eigenvalue weighted by atomic mass is 16.7. The van der Waals surface area contributed by atoms with Gasteiger partial charge in [0.2, 0.25) is 0 Å². The van der Waals surface area contributed by atoms with E-state index in [1.165, 1.54) is 16.7 Å². The van der Waals surface area contributed by atoms with Crippen LogP contribution in [0.3, 0.4) is 0 Å². The Labute approximate surface area is 129 Å². The summed E-state index contributed by atoms with van der Waals surface area (Å²) in [5.41, 5.74) is 3.74. The lowest BCUT2D eigenvalue weighted by Crippen LogP contribution is -2.24. The molecule has 1 rings (SSSR count). The predicted octanol–water partition coefficient (Wildman–Crippen LogP) is 5.08. The largest absolute Gasteiger partial charge is 0.348 e. The summed E-state index contributed by atoms with van der Waals surface area (Å²) in [5, 5.41) is 0. The lowest BCUT2D eigenvalue weighted by molar-refractivity contribution is -0.138. The van der Waals surface area contributed by atoms with Gasteiger partial charge in [-0.25, -0.2) is 0 Å². The average Bonchev–Trinajstić information content (AvgIpc) is 2.45. The first-order valence-corrected chi connectivity index (χ1v) is 7.55. The molecule has 1 atom stereocenters. The Balaban J connectivity index is 2.70. The first kappa shape index (κ1) is 17.7. The number of hydrogen-bond acceptors (Lipinski definition) is 2. The van der Waals surface area contributed by atoms with Crippen LogP contribution in [0.4, 0.5) is 0 Å². The molecule has 0 aromatic heterocycles. The zero-order valence-corrected chi connectivity index (χ0v) is 13.9. The van der Waals surface area contributed by atoms with E-state index in [0.29, 0.717) is 13.2 Å². The van der Waals surface area contributed by atoms with Gasteiger partial charge in [0.15, 0.2) is 6.29 Å². The highest BCUT2D eigenvalue weighted by Crippen LogP contribution is 2.22. The molecule has 0 saturated heterocycles. The first-order valence-electron chi connectivity index (χ1n) is 7.55. The van der Waals surface area contributed by atoms with E-state index in [2.05, 4.69) is 71.0 Å². The van der Waals surface area contributed by atoms with Gasteiger partial charge in [-0.1, -0.05) is 60.6 Å². The topological polar surface area (TPSA) is 18.5 Å². The van der Waals surface area contributed by atoms with Gasteiger partial charge in [-0.3, -0.25) is 0 Å². The van der Waals surface area contributed by atoms with Crippen LogP contribution in [0.2, 0.25) is 0 Å². The molecule has 0 N–H and O–H groups in total. The molecular formula is C19H28O2. The van der Waals surface area contributed by atoms with E-state index in [1.807, 2.05) is 6.07 Å². The summed E-state index contributed by atoms with van der Waals surface area (Å²) in [6.07, 6.45) is 3.92. The van der Waals surface area contributed by atoms with Gasteiger partial charge in [0.25, 0.3) is 0 Å². The maximum absolute atomic E-state index is 5.92. The molecular weight excluding hydrogens is 260 g/mol. The minimum Gasteiger partial charge on any atom is -0.348 e. The zero-order valence-electron chi connectivity index (χ0n) is 13.9. The molecule has 2 nitrogen and oxygen atoms in total. The molecule has 0 fully saturated rings. The summed E-state index contributed by atoms with van der Waals surface area (Å²) in [5.74, 6) is 0.197. The molecule has 21 heavy (non-hydrogen) atoms. The van der Waals surface area contributed by atoms with E-state index in [-0.39, 0.29) is 12.2 Å². The molecule has 0 aliphatic carbocycles. The molecule has 0 bridgehead atoms. The van der Waals surface area contributed by atoms with Crippen molar-refractivity contribution in [3.05, 3.63) is 59.2 Å². The molecule has 0 spiro atoms. The molecule has 116 valence electrons. The molecule has 0 aliphatic rings. The lowest BCUT2D eigenvalue weighted by atomic mass is 10.0. The summed E-state index contributed by atoms with van der Waals surface area (Å²) in [4.78, 5) is 0. The van der Waals surface area contributed by atoms with Crippen LogP contribution in [0.25, 0.3) is 0 Å². The van der Waals surface area contributed by atoms with Crippen molar-refractivity contribution in [1.29, 1.82) is 0 Å². The Morgan fingerprint density at radius 3 is 1.81 bits per heavy atom. The van der Waals surface area contributed by atoms with Crippen LogP contribution in [0.1, 0.15) is 46.1 Å². The fraction of sp³-hybridized carbons (Fsp3) is 0.474. The first-order chi connectivity index (χ1) is 10.0. The standard InChI is InChI=1S/C19H28O2/c1-15(2)11-13-20-19(21-14-12-16(3)4)17(5)18-9-7-6-8-10-18/h6-12,17,19H,13-14H2,1-5H3. The fourth-order valence-corrected chi connectivity index (χ4v) is 1.87. The second-order valence-corrected chi connectivity index (χ2v) is 5.80. The minimum atomic E-state index is -0.237. The maximum Gasteiger partial charge on any atom is 0.164 e. The van der Waals surface area contributed by atoms with Gasteiger partial charge in [-0.15, -0.1) is 0 Å². The third-order valence-corrected chi connectivity index (χ3v) is 3.24. The van der Waals surface area contributed by atoms with Gasteiger partial charge in [-0.2, -0.15) is 0 Å². The van der Waals surface area contributed by atoms with Crippen molar-refractivity contribution in [2.75, 3.05) is 13.2 Å². The summed E-state index contributed by atoms with van der Waals surface area (Å²) in [7, 11) is 0. The van der Waals surface area contributed by atoms with Crippen molar-refractivity contribution in [2.24, 2.45) is 0 Å². The molecule has 1 aromatic carbocycles. The van der Waals surface area contributed by atoms with Crippen LogP contribution in [0.5, 0.6) is 0 Å². The molecule has 0 amide bonds. The van der Waals surface area contributed by atoms with Crippen LogP contribution in [-0.4, -0.2) is 19.5 Å². The SMILES string of the molecule is CC(C)=CCOC(OCC=C(C)C)C(C)c1ccccc1. The molecule has 1 unspecified atom stereocenters. The number of rotatable bonds is 8. The summed E-state index contributed by atoms with van der Waals surface area (Å²) in [6, 6.07) is 10.4. The van der Waals surface area contributed by atoms with Crippen molar-refractivity contribution < 1.29 is 9.47 Å². The summed E-state index contributed by atoms with van der Waals surface area (Å²) in [6.45, 7) is 11.6. The smallest absolute Gasteiger partial charge is 0.164 e. The molecule has 0 heterocycles. The van der Waals surface area contributed by atoms with Crippen molar-refractivity contribution in [1.82, 2.24) is 0 Å². The fourth-order valence-electron chi connectivity index (χ4n) is 1.87. The van der Waals surface area contributed by atoms with Gasteiger partial charge in [-0.05, 0) is 33.3 Å². The minimum absolute atomic E-state index is 0.197. The van der Waals surface area contributed by atoms with E-state index in [4.69, 9.17) is 9.47 Å². The van der Waals surface area contributed by atoms with Crippen LogP contribution < -0.4 is 0 Å². The summed E-state index contributed by atoms with van der Waals surface area (Å²) >= 11 is 0. The second-order valence-electron chi connectivity index (χ2n) is 5.80. The number of benzene rings is 1. The van der Waals surface area contributed by atoms with Gasteiger partial charge in [0.05, 0.1) is 13.2 Å². The van der Waals surface area contributed by atoms with Crippen LogP contribution in [-0.2, 0) is 9.47 Å². The number of hydrogen-bond donors (Lipinski definition) is 0. The Morgan fingerprint density at radius 1 is 0.905 bits per heavy atom. The van der Waals surface area contributed by atoms with E-state index in [9.17, 15) is 0 Å². The zero-order chi connectivity index (χ0) is 15.7. The van der Waals surface area contributed by atoms with Crippen LogP contribution >= 0.6 is 0 Å². The number of ether oxygens (including phenoxy) is 2. The predicted molar refractivity (Wildman–Crippen MR) is 89.4 cm³/mol. The molecule has 2 heteroatoms. The third kappa shape index (κ3) is 7.26.